The van der Waals surface area contributed by atoms with Gasteiger partial charge < -0.3 is 4.90 Å². The van der Waals surface area contributed by atoms with E-state index >= 15 is 0 Å². The molecule has 0 atom stereocenters. The maximum Gasteiger partial charge on any atom is 0.0726 e. The maximum atomic E-state index is 4.65. The van der Waals surface area contributed by atoms with Crippen molar-refractivity contribution in [2.24, 2.45) is 0 Å². The van der Waals surface area contributed by atoms with Crippen molar-refractivity contribution >= 4 is 22.3 Å². The molecule has 3 heteroatoms. The zero-order valence-electron chi connectivity index (χ0n) is 12.1. The Morgan fingerprint density at radius 2 is 2.00 bits per heavy atom. The minimum absolute atomic E-state index is 1.05. The minimum atomic E-state index is 1.05. The van der Waals surface area contributed by atoms with Crippen LogP contribution in [-0.2, 0) is 6.42 Å². The van der Waals surface area contributed by atoms with Crippen LogP contribution in [-0.4, -0.2) is 16.5 Å². The summed E-state index contributed by atoms with van der Waals surface area (Å²) in [5.74, 6) is 0. The molecule has 104 valence electrons. The van der Waals surface area contributed by atoms with Crippen molar-refractivity contribution in [3.8, 4) is 0 Å². The van der Waals surface area contributed by atoms with Gasteiger partial charge in [0.15, 0.2) is 0 Å². The predicted molar refractivity (Wildman–Crippen MR) is 86.0 cm³/mol. The highest BCUT2D eigenvalue weighted by atomic mass is 15.1. The van der Waals surface area contributed by atoms with E-state index in [4.69, 9.17) is 0 Å². The summed E-state index contributed by atoms with van der Waals surface area (Å²) in [6.45, 7) is 3.11. The lowest BCUT2D eigenvalue weighted by atomic mass is 10.0. The van der Waals surface area contributed by atoms with E-state index in [9.17, 15) is 0 Å². The van der Waals surface area contributed by atoms with E-state index in [1.807, 2.05) is 18.5 Å². The molecule has 0 radical (unpaired) electrons. The molecule has 0 saturated carbocycles. The molecule has 0 saturated heterocycles. The first-order valence-corrected chi connectivity index (χ1v) is 7.40. The fourth-order valence-electron chi connectivity index (χ4n) is 3.18. The summed E-state index contributed by atoms with van der Waals surface area (Å²) in [5.41, 5.74) is 6.00. The van der Waals surface area contributed by atoms with Crippen LogP contribution in [0.4, 0.5) is 11.4 Å². The topological polar surface area (TPSA) is 29.0 Å². The van der Waals surface area contributed by atoms with Crippen LogP contribution in [0.25, 0.3) is 10.9 Å². The summed E-state index contributed by atoms with van der Waals surface area (Å²) in [6, 6.07) is 12.7. The van der Waals surface area contributed by atoms with Crippen molar-refractivity contribution in [2.75, 3.05) is 11.4 Å². The van der Waals surface area contributed by atoms with Crippen molar-refractivity contribution in [1.82, 2.24) is 9.97 Å². The second kappa shape index (κ2) is 4.85. The summed E-state index contributed by atoms with van der Waals surface area (Å²) in [4.78, 5) is 11.3. The third-order valence-corrected chi connectivity index (χ3v) is 4.11. The van der Waals surface area contributed by atoms with E-state index in [1.54, 1.807) is 0 Å². The van der Waals surface area contributed by atoms with Gasteiger partial charge in [-0.05, 0) is 43.5 Å². The predicted octanol–water partition coefficient (Wildman–Crippen LogP) is 4.02. The van der Waals surface area contributed by atoms with Crippen molar-refractivity contribution in [1.29, 1.82) is 0 Å². The van der Waals surface area contributed by atoms with E-state index in [-0.39, 0.29) is 0 Å². The molecule has 2 aromatic heterocycles. The monoisotopic (exact) mass is 275 g/mol. The van der Waals surface area contributed by atoms with E-state index in [2.05, 4.69) is 52.1 Å². The first-order valence-electron chi connectivity index (χ1n) is 7.40. The van der Waals surface area contributed by atoms with Gasteiger partial charge in [-0.3, -0.25) is 9.97 Å². The zero-order chi connectivity index (χ0) is 14.2. The van der Waals surface area contributed by atoms with Gasteiger partial charge in [0.25, 0.3) is 0 Å². The van der Waals surface area contributed by atoms with Crippen LogP contribution in [0.1, 0.15) is 17.7 Å². The number of anilines is 2. The Hall–Kier alpha value is -2.42. The number of para-hydroxylation sites is 1. The second-order valence-corrected chi connectivity index (χ2v) is 5.56. The molecular formula is C18H17N3. The highest BCUT2D eigenvalue weighted by Crippen LogP contribution is 2.36. The van der Waals surface area contributed by atoms with Crippen LogP contribution in [0, 0.1) is 6.92 Å². The lowest BCUT2D eigenvalue weighted by Crippen LogP contribution is -2.25. The number of hydrogen-bond donors (Lipinski definition) is 0. The summed E-state index contributed by atoms with van der Waals surface area (Å²) >= 11 is 0. The molecule has 1 aliphatic heterocycles. The van der Waals surface area contributed by atoms with Gasteiger partial charge in [0.05, 0.1) is 11.2 Å². The smallest absolute Gasteiger partial charge is 0.0726 e. The molecule has 0 unspecified atom stereocenters. The Bertz CT molecular complexity index is 810. The van der Waals surface area contributed by atoms with Crippen molar-refractivity contribution in [3.05, 3.63) is 60.0 Å². The Balaban J connectivity index is 1.96. The molecular weight excluding hydrogens is 258 g/mol. The van der Waals surface area contributed by atoms with Gasteiger partial charge in [0.2, 0.25) is 0 Å². The Morgan fingerprint density at radius 3 is 2.95 bits per heavy atom. The highest BCUT2D eigenvalue weighted by molar-refractivity contribution is 5.94. The molecule has 0 aliphatic carbocycles. The van der Waals surface area contributed by atoms with Gasteiger partial charge in [-0.1, -0.05) is 18.2 Å². The number of benzene rings is 1. The van der Waals surface area contributed by atoms with Crippen LogP contribution in [0.2, 0.25) is 0 Å². The zero-order valence-corrected chi connectivity index (χ0v) is 12.1. The van der Waals surface area contributed by atoms with Gasteiger partial charge >= 0.3 is 0 Å². The average Bonchev–Trinajstić information content (AvgIpc) is 2.53. The van der Waals surface area contributed by atoms with E-state index < -0.39 is 0 Å². The molecule has 3 heterocycles. The summed E-state index contributed by atoms with van der Waals surface area (Å²) < 4.78 is 0. The van der Waals surface area contributed by atoms with Gasteiger partial charge in [-0.15, -0.1) is 0 Å². The van der Waals surface area contributed by atoms with Crippen LogP contribution in [0.15, 0.2) is 48.8 Å². The number of rotatable bonds is 1. The SMILES string of the molecule is Cc1cc(N2CCCc3cnccc32)c2ccccc2n1. The third-order valence-electron chi connectivity index (χ3n) is 4.11. The number of fused-ring (bicyclic) bond motifs is 2. The van der Waals surface area contributed by atoms with E-state index in [1.165, 1.54) is 22.3 Å². The Morgan fingerprint density at radius 1 is 1.10 bits per heavy atom. The standard InChI is InChI=1S/C18H17N3/c1-13-11-18(15-6-2-3-7-16(15)20-13)21-10-4-5-14-12-19-9-8-17(14)21/h2-3,6-9,11-12H,4-5,10H2,1H3. The molecule has 3 aromatic rings. The fourth-order valence-corrected chi connectivity index (χ4v) is 3.18. The lowest BCUT2D eigenvalue weighted by molar-refractivity contribution is 0.763. The molecule has 0 N–H and O–H groups in total. The normalized spacial score (nSPS) is 14.2. The van der Waals surface area contributed by atoms with Crippen molar-refractivity contribution < 1.29 is 0 Å². The molecule has 3 nitrogen and oxygen atoms in total. The number of pyridine rings is 2. The number of hydrogen-bond acceptors (Lipinski definition) is 3. The lowest BCUT2D eigenvalue weighted by Gasteiger charge is -2.32. The highest BCUT2D eigenvalue weighted by Gasteiger charge is 2.20. The quantitative estimate of drug-likeness (QED) is 0.671. The third kappa shape index (κ3) is 2.05. The molecule has 0 spiro atoms. The Kier molecular flexibility index (Phi) is 2.85. The Labute approximate surface area is 124 Å². The average molecular weight is 275 g/mol. The van der Waals surface area contributed by atoms with E-state index in [0.29, 0.717) is 0 Å². The second-order valence-electron chi connectivity index (χ2n) is 5.56. The van der Waals surface area contributed by atoms with Crippen molar-refractivity contribution in [3.63, 3.8) is 0 Å². The summed E-state index contributed by atoms with van der Waals surface area (Å²) in [7, 11) is 0. The first-order chi connectivity index (χ1) is 10.3. The van der Waals surface area contributed by atoms with Crippen LogP contribution >= 0.6 is 0 Å². The van der Waals surface area contributed by atoms with Gasteiger partial charge in [0.1, 0.15) is 0 Å². The molecule has 1 aromatic carbocycles. The fraction of sp³-hybridized carbons (Fsp3) is 0.222. The molecule has 0 bridgehead atoms. The molecule has 0 amide bonds. The van der Waals surface area contributed by atoms with Gasteiger partial charge in [0, 0.05) is 35.7 Å². The molecule has 4 rings (SSSR count). The number of aryl methyl sites for hydroxylation is 2. The number of aromatic nitrogens is 2. The van der Waals surface area contributed by atoms with E-state index in [0.717, 1.165) is 30.6 Å². The molecule has 0 fully saturated rings. The molecule has 21 heavy (non-hydrogen) atoms. The van der Waals surface area contributed by atoms with Gasteiger partial charge in [-0.25, -0.2) is 0 Å². The van der Waals surface area contributed by atoms with Crippen LogP contribution in [0.3, 0.4) is 0 Å². The minimum Gasteiger partial charge on any atom is -0.341 e. The largest absolute Gasteiger partial charge is 0.341 e. The first kappa shape index (κ1) is 12.3. The van der Waals surface area contributed by atoms with Gasteiger partial charge in [-0.2, -0.15) is 0 Å². The summed E-state index contributed by atoms with van der Waals surface area (Å²) in [6.07, 6.45) is 6.15. The molecule has 1 aliphatic rings. The van der Waals surface area contributed by atoms with Crippen LogP contribution in [0.5, 0.6) is 0 Å². The summed E-state index contributed by atoms with van der Waals surface area (Å²) in [5, 5.41) is 1.22. The maximum absolute atomic E-state index is 4.65. The van der Waals surface area contributed by atoms with Crippen molar-refractivity contribution in [2.45, 2.75) is 19.8 Å². The number of nitrogens with zero attached hydrogens (tertiary/aromatic N) is 3. The van der Waals surface area contributed by atoms with Crippen LogP contribution < -0.4 is 4.90 Å².